The first kappa shape index (κ1) is 19.2. The van der Waals surface area contributed by atoms with Gasteiger partial charge in [0.1, 0.15) is 18.2 Å². The highest BCUT2D eigenvalue weighted by Crippen LogP contribution is 2.28. The molecule has 0 bridgehead atoms. The number of halogens is 2. The van der Waals surface area contributed by atoms with E-state index in [2.05, 4.69) is 26.0 Å². The molecule has 1 atom stereocenters. The van der Waals surface area contributed by atoms with Gasteiger partial charge >= 0.3 is 0 Å². The minimum atomic E-state index is -0.541. The highest BCUT2D eigenvalue weighted by atomic mass is 19.1. The average Bonchev–Trinajstić information content (AvgIpc) is 2.61. The average molecular weight is 348 g/mol. The Balaban J connectivity index is 2.05. The van der Waals surface area contributed by atoms with Gasteiger partial charge in [0.2, 0.25) is 0 Å². The monoisotopic (exact) mass is 348 g/mol. The molecule has 1 fully saturated rings. The van der Waals surface area contributed by atoms with Crippen molar-refractivity contribution in [2.45, 2.75) is 26.3 Å². The number of nitrogens with zero attached hydrogens (tertiary/aromatic N) is 3. The van der Waals surface area contributed by atoms with E-state index in [9.17, 15) is 8.78 Å². The van der Waals surface area contributed by atoms with Crippen molar-refractivity contribution >= 4 is 5.96 Å². The lowest BCUT2D eigenvalue weighted by atomic mass is 10.0. The number of nitrogens with one attached hydrogen (secondary N) is 1. The van der Waals surface area contributed by atoms with Crippen LogP contribution in [0.2, 0.25) is 0 Å². The van der Waals surface area contributed by atoms with Crippen molar-refractivity contribution in [2.24, 2.45) is 4.99 Å². The molecule has 25 heavy (non-hydrogen) atoms. The fourth-order valence-corrected chi connectivity index (χ4v) is 3.24. The first-order valence-corrected chi connectivity index (χ1v) is 8.76. The van der Waals surface area contributed by atoms with Crippen molar-refractivity contribution in [3.8, 4) is 12.3 Å². The van der Waals surface area contributed by atoms with E-state index in [0.29, 0.717) is 12.1 Å². The molecule has 1 heterocycles. The molecule has 1 aliphatic heterocycles. The molecule has 0 spiro atoms. The minimum Gasteiger partial charge on any atom is -0.356 e. The summed E-state index contributed by atoms with van der Waals surface area (Å²) in [6.07, 6.45) is 6.07. The second-order valence-electron chi connectivity index (χ2n) is 5.99. The standard InChI is InChI=1S/C19H26F2N4/c1-4-9-23-19(22-6-3)25-12-10-24(11-13-25)18(5-2)16-8-7-15(20)14-17(16)21/h1,7-8,14,18H,5-6,9-13H2,2-3H3,(H,22,23). The second-order valence-corrected chi connectivity index (χ2v) is 5.99. The molecule has 1 aliphatic rings. The van der Waals surface area contributed by atoms with Gasteiger partial charge in [-0.05, 0) is 19.4 Å². The van der Waals surface area contributed by atoms with Gasteiger partial charge in [0.25, 0.3) is 0 Å². The van der Waals surface area contributed by atoms with Gasteiger partial charge in [-0.25, -0.2) is 13.8 Å². The van der Waals surface area contributed by atoms with Gasteiger partial charge in [-0.1, -0.05) is 18.9 Å². The number of aliphatic imine (C=N–C) groups is 1. The maximum Gasteiger partial charge on any atom is 0.194 e. The molecule has 0 aromatic heterocycles. The third-order valence-corrected chi connectivity index (χ3v) is 4.42. The van der Waals surface area contributed by atoms with E-state index >= 15 is 0 Å². The number of hydrogen-bond donors (Lipinski definition) is 1. The van der Waals surface area contributed by atoms with Crippen LogP contribution in [0.3, 0.4) is 0 Å². The van der Waals surface area contributed by atoms with Crippen LogP contribution in [0.15, 0.2) is 23.2 Å². The Hall–Kier alpha value is -2.13. The Bertz CT molecular complexity index is 631. The summed E-state index contributed by atoms with van der Waals surface area (Å²) in [4.78, 5) is 8.82. The molecule has 0 radical (unpaired) electrons. The van der Waals surface area contributed by atoms with Crippen LogP contribution in [0.1, 0.15) is 31.9 Å². The Kier molecular flexibility index (Phi) is 7.20. The Labute approximate surface area is 148 Å². The Morgan fingerprint density at radius 3 is 2.56 bits per heavy atom. The maximum atomic E-state index is 14.2. The van der Waals surface area contributed by atoms with Crippen molar-refractivity contribution in [3.63, 3.8) is 0 Å². The summed E-state index contributed by atoms with van der Waals surface area (Å²) in [5, 5.41) is 3.25. The number of guanidine groups is 1. The number of rotatable bonds is 5. The zero-order valence-electron chi connectivity index (χ0n) is 14.9. The van der Waals surface area contributed by atoms with Crippen molar-refractivity contribution in [1.29, 1.82) is 0 Å². The lowest BCUT2D eigenvalue weighted by Crippen LogP contribution is -2.53. The molecule has 1 N–H and O–H groups in total. The highest BCUT2D eigenvalue weighted by molar-refractivity contribution is 5.80. The van der Waals surface area contributed by atoms with E-state index in [1.807, 2.05) is 13.8 Å². The predicted molar refractivity (Wildman–Crippen MR) is 97.3 cm³/mol. The molecule has 1 saturated heterocycles. The number of hydrogen-bond acceptors (Lipinski definition) is 2. The molecule has 1 aromatic rings. The third-order valence-electron chi connectivity index (χ3n) is 4.42. The molecule has 6 heteroatoms. The first-order valence-electron chi connectivity index (χ1n) is 8.76. The summed E-state index contributed by atoms with van der Waals surface area (Å²) >= 11 is 0. The van der Waals surface area contributed by atoms with Crippen LogP contribution in [-0.2, 0) is 0 Å². The molecule has 0 amide bonds. The molecule has 2 rings (SSSR count). The molecular weight excluding hydrogens is 322 g/mol. The molecule has 0 saturated carbocycles. The van der Waals surface area contributed by atoms with E-state index < -0.39 is 11.6 Å². The zero-order valence-corrected chi connectivity index (χ0v) is 14.9. The van der Waals surface area contributed by atoms with Crippen LogP contribution in [0.5, 0.6) is 0 Å². The smallest absolute Gasteiger partial charge is 0.194 e. The SMILES string of the molecule is C#CCN=C(NCC)N1CCN(C(CC)c2ccc(F)cc2F)CC1. The minimum absolute atomic E-state index is 0.0482. The van der Waals surface area contributed by atoms with E-state index in [-0.39, 0.29) is 6.04 Å². The van der Waals surface area contributed by atoms with Crippen LogP contribution >= 0.6 is 0 Å². The van der Waals surface area contributed by atoms with Gasteiger partial charge in [0.15, 0.2) is 5.96 Å². The molecule has 4 nitrogen and oxygen atoms in total. The summed E-state index contributed by atoms with van der Waals surface area (Å²) in [5.41, 5.74) is 0.560. The van der Waals surface area contributed by atoms with Crippen molar-refractivity contribution < 1.29 is 8.78 Å². The topological polar surface area (TPSA) is 30.9 Å². The van der Waals surface area contributed by atoms with Crippen LogP contribution in [0.25, 0.3) is 0 Å². The summed E-state index contributed by atoms with van der Waals surface area (Å²) in [6.45, 7) is 8.32. The van der Waals surface area contributed by atoms with E-state index in [1.54, 1.807) is 6.07 Å². The van der Waals surface area contributed by atoms with Gasteiger partial charge in [-0.2, -0.15) is 0 Å². The quantitative estimate of drug-likeness (QED) is 0.504. The maximum absolute atomic E-state index is 14.2. The fraction of sp³-hybridized carbons (Fsp3) is 0.526. The van der Waals surface area contributed by atoms with Crippen molar-refractivity contribution in [1.82, 2.24) is 15.1 Å². The van der Waals surface area contributed by atoms with E-state index in [1.165, 1.54) is 6.07 Å². The van der Waals surface area contributed by atoms with Crippen molar-refractivity contribution in [3.05, 3.63) is 35.4 Å². The lowest BCUT2D eigenvalue weighted by Gasteiger charge is -2.40. The summed E-state index contributed by atoms with van der Waals surface area (Å²) < 4.78 is 27.3. The van der Waals surface area contributed by atoms with Gasteiger partial charge in [0.05, 0.1) is 0 Å². The lowest BCUT2D eigenvalue weighted by molar-refractivity contribution is 0.124. The molecule has 0 aliphatic carbocycles. The summed E-state index contributed by atoms with van der Waals surface area (Å²) in [6, 6.07) is 3.80. The van der Waals surface area contributed by atoms with Gasteiger partial charge in [-0.3, -0.25) is 4.90 Å². The number of piperazine rings is 1. The van der Waals surface area contributed by atoms with Gasteiger partial charge in [0, 0.05) is 50.4 Å². The van der Waals surface area contributed by atoms with Gasteiger partial charge in [-0.15, -0.1) is 6.42 Å². The normalized spacial score (nSPS) is 17.2. The van der Waals surface area contributed by atoms with Crippen molar-refractivity contribution in [2.75, 3.05) is 39.3 Å². The Morgan fingerprint density at radius 2 is 2.00 bits per heavy atom. The third kappa shape index (κ3) is 4.93. The zero-order chi connectivity index (χ0) is 18.2. The number of benzene rings is 1. The summed E-state index contributed by atoms with van der Waals surface area (Å²) in [7, 11) is 0. The Morgan fingerprint density at radius 1 is 1.28 bits per heavy atom. The van der Waals surface area contributed by atoms with E-state index in [0.717, 1.165) is 51.2 Å². The van der Waals surface area contributed by atoms with Crippen LogP contribution in [0, 0.1) is 24.0 Å². The van der Waals surface area contributed by atoms with Crippen LogP contribution in [0.4, 0.5) is 8.78 Å². The first-order chi connectivity index (χ1) is 12.1. The summed E-state index contributed by atoms with van der Waals surface area (Å²) in [5.74, 6) is 2.33. The molecule has 136 valence electrons. The molecular formula is C19H26F2N4. The molecule has 1 aromatic carbocycles. The number of terminal acetylenes is 1. The fourth-order valence-electron chi connectivity index (χ4n) is 3.24. The van der Waals surface area contributed by atoms with Crippen LogP contribution < -0.4 is 5.32 Å². The molecule has 1 unspecified atom stereocenters. The van der Waals surface area contributed by atoms with E-state index in [4.69, 9.17) is 6.42 Å². The predicted octanol–water partition coefficient (Wildman–Crippen LogP) is 2.63. The second kappa shape index (κ2) is 9.38. The van der Waals surface area contributed by atoms with Crippen LogP contribution in [-0.4, -0.2) is 55.0 Å². The largest absolute Gasteiger partial charge is 0.356 e. The van der Waals surface area contributed by atoms with Gasteiger partial charge < -0.3 is 10.2 Å². The highest BCUT2D eigenvalue weighted by Gasteiger charge is 2.27.